The maximum atomic E-state index is 12.0. The van der Waals surface area contributed by atoms with Gasteiger partial charge in [0.1, 0.15) is 5.75 Å². The molecule has 6 heteroatoms. The molecule has 0 aliphatic carbocycles. The Bertz CT molecular complexity index is 645. The van der Waals surface area contributed by atoms with Crippen molar-refractivity contribution >= 4 is 23.3 Å². The summed E-state index contributed by atoms with van der Waals surface area (Å²) in [4.78, 5) is 17.8. The second-order valence-electron chi connectivity index (χ2n) is 5.21. The van der Waals surface area contributed by atoms with Gasteiger partial charge in [0.25, 0.3) is 0 Å². The molecule has 1 aromatic carbocycles. The van der Waals surface area contributed by atoms with Crippen LogP contribution in [-0.2, 0) is 0 Å². The largest absolute Gasteiger partial charge is 0.492 e. The topological polar surface area (TPSA) is 54.5 Å². The summed E-state index contributed by atoms with van der Waals surface area (Å²) in [6, 6.07) is 10.7. The summed E-state index contributed by atoms with van der Waals surface area (Å²) in [7, 11) is 0. The first-order valence-corrected chi connectivity index (χ1v) is 7.43. The lowest BCUT2D eigenvalue weighted by atomic mass is 10.0. The molecule has 2 aromatic rings. The molecular weight excluding hydrogens is 302 g/mol. The lowest BCUT2D eigenvalue weighted by molar-refractivity contribution is 0.0923. The zero-order valence-electron chi connectivity index (χ0n) is 11.9. The van der Waals surface area contributed by atoms with E-state index in [0.717, 1.165) is 5.75 Å². The van der Waals surface area contributed by atoms with Crippen molar-refractivity contribution in [3.63, 3.8) is 0 Å². The fraction of sp³-hybridized carbons (Fsp3) is 0.250. The number of anilines is 1. The van der Waals surface area contributed by atoms with Crippen molar-refractivity contribution in [1.29, 1.82) is 0 Å². The predicted octanol–water partition coefficient (Wildman–Crippen LogP) is 3.28. The molecule has 0 bridgehead atoms. The number of pyridine rings is 1. The molecule has 114 valence electrons. The number of halogens is 1. The first-order chi connectivity index (χ1) is 10.7. The van der Waals surface area contributed by atoms with Gasteiger partial charge in [0, 0.05) is 35.9 Å². The molecule has 0 unspecified atom stereocenters. The van der Waals surface area contributed by atoms with Crippen LogP contribution >= 0.6 is 11.6 Å². The molecule has 1 aliphatic heterocycles. The lowest BCUT2D eigenvalue weighted by Crippen LogP contribution is -2.53. The number of benzene rings is 1. The van der Waals surface area contributed by atoms with Crippen molar-refractivity contribution in [2.75, 3.05) is 25.0 Å². The Balaban J connectivity index is 1.42. The smallest absolute Gasteiger partial charge is 0.321 e. The number of hydrogen-bond acceptors (Lipinski definition) is 3. The number of hydrogen-bond donors (Lipinski definition) is 1. The van der Waals surface area contributed by atoms with Gasteiger partial charge in [0.2, 0.25) is 0 Å². The van der Waals surface area contributed by atoms with Crippen molar-refractivity contribution < 1.29 is 9.53 Å². The third-order valence-electron chi connectivity index (χ3n) is 3.44. The van der Waals surface area contributed by atoms with Crippen molar-refractivity contribution in [3.8, 4) is 5.75 Å². The SMILES string of the molecule is O=C(Nc1cccc(Cl)c1)N1CC(COc2cccnc2)C1. The molecule has 0 atom stereocenters. The fourth-order valence-electron chi connectivity index (χ4n) is 2.26. The Morgan fingerprint density at radius 2 is 2.23 bits per heavy atom. The second kappa shape index (κ2) is 6.66. The van der Waals surface area contributed by atoms with Crippen LogP contribution < -0.4 is 10.1 Å². The number of aromatic nitrogens is 1. The number of nitrogens with one attached hydrogen (secondary N) is 1. The van der Waals surface area contributed by atoms with Crippen LogP contribution in [0.5, 0.6) is 5.75 Å². The second-order valence-corrected chi connectivity index (χ2v) is 5.65. The van der Waals surface area contributed by atoms with E-state index in [1.807, 2.05) is 18.2 Å². The van der Waals surface area contributed by atoms with E-state index in [2.05, 4.69) is 10.3 Å². The van der Waals surface area contributed by atoms with Crippen LogP contribution in [0.4, 0.5) is 10.5 Å². The highest BCUT2D eigenvalue weighted by molar-refractivity contribution is 6.30. The average molecular weight is 318 g/mol. The lowest BCUT2D eigenvalue weighted by Gasteiger charge is -2.38. The van der Waals surface area contributed by atoms with E-state index in [4.69, 9.17) is 16.3 Å². The van der Waals surface area contributed by atoms with E-state index in [0.29, 0.717) is 36.3 Å². The predicted molar refractivity (Wildman–Crippen MR) is 85.3 cm³/mol. The number of amides is 2. The Hall–Kier alpha value is -2.27. The standard InChI is InChI=1S/C16H16ClN3O2/c17-13-3-1-4-14(7-13)19-16(21)20-9-12(10-20)11-22-15-5-2-6-18-8-15/h1-8,12H,9-11H2,(H,19,21). The van der Waals surface area contributed by atoms with E-state index in [1.54, 1.807) is 35.5 Å². The van der Waals surface area contributed by atoms with Gasteiger partial charge < -0.3 is 15.0 Å². The average Bonchev–Trinajstić information content (AvgIpc) is 2.46. The monoisotopic (exact) mass is 317 g/mol. The van der Waals surface area contributed by atoms with Gasteiger partial charge >= 0.3 is 6.03 Å². The minimum absolute atomic E-state index is 0.111. The Morgan fingerprint density at radius 3 is 2.95 bits per heavy atom. The molecule has 1 fully saturated rings. The van der Waals surface area contributed by atoms with Crippen molar-refractivity contribution in [3.05, 3.63) is 53.8 Å². The molecule has 0 spiro atoms. The summed E-state index contributed by atoms with van der Waals surface area (Å²) in [5.41, 5.74) is 0.701. The maximum Gasteiger partial charge on any atom is 0.321 e. The van der Waals surface area contributed by atoms with Gasteiger partial charge in [-0.25, -0.2) is 4.79 Å². The highest BCUT2D eigenvalue weighted by Gasteiger charge is 2.31. The van der Waals surface area contributed by atoms with Crippen LogP contribution in [0.1, 0.15) is 0 Å². The number of ether oxygens (including phenoxy) is 1. The van der Waals surface area contributed by atoms with Crippen LogP contribution in [0, 0.1) is 5.92 Å². The highest BCUT2D eigenvalue weighted by atomic mass is 35.5. The number of nitrogens with zero attached hydrogens (tertiary/aromatic N) is 2. The Kier molecular flexibility index (Phi) is 4.44. The van der Waals surface area contributed by atoms with Gasteiger partial charge in [0.15, 0.2) is 0 Å². The summed E-state index contributed by atoms with van der Waals surface area (Å²) in [6.45, 7) is 1.96. The number of urea groups is 1. The van der Waals surface area contributed by atoms with Gasteiger partial charge in [-0.2, -0.15) is 0 Å². The van der Waals surface area contributed by atoms with Crippen molar-refractivity contribution in [2.24, 2.45) is 5.92 Å². The fourth-order valence-corrected chi connectivity index (χ4v) is 2.45. The summed E-state index contributed by atoms with van der Waals surface area (Å²) in [5.74, 6) is 1.11. The summed E-state index contributed by atoms with van der Waals surface area (Å²) >= 11 is 5.89. The maximum absolute atomic E-state index is 12.0. The molecule has 1 aliphatic rings. The third kappa shape index (κ3) is 3.68. The zero-order valence-corrected chi connectivity index (χ0v) is 12.7. The molecule has 1 N–H and O–H groups in total. The quantitative estimate of drug-likeness (QED) is 0.941. The molecule has 0 saturated carbocycles. The molecular formula is C16H16ClN3O2. The molecule has 2 amide bonds. The van der Waals surface area contributed by atoms with E-state index < -0.39 is 0 Å². The Labute approximate surface area is 133 Å². The van der Waals surface area contributed by atoms with Crippen LogP contribution in [0.25, 0.3) is 0 Å². The summed E-state index contributed by atoms with van der Waals surface area (Å²) < 4.78 is 5.63. The molecule has 1 saturated heterocycles. The molecule has 22 heavy (non-hydrogen) atoms. The Morgan fingerprint density at radius 1 is 1.36 bits per heavy atom. The minimum atomic E-state index is -0.111. The minimum Gasteiger partial charge on any atom is -0.492 e. The van der Waals surface area contributed by atoms with Crippen LogP contribution in [0.2, 0.25) is 5.02 Å². The van der Waals surface area contributed by atoms with E-state index in [9.17, 15) is 4.79 Å². The van der Waals surface area contributed by atoms with Crippen LogP contribution in [0.3, 0.4) is 0 Å². The first kappa shape index (κ1) is 14.7. The van der Waals surface area contributed by atoms with Gasteiger partial charge in [-0.3, -0.25) is 4.98 Å². The zero-order chi connectivity index (χ0) is 15.4. The highest BCUT2D eigenvalue weighted by Crippen LogP contribution is 2.20. The first-order valence-electron chi connectivity index (χ1n) is 7.05. The third-order valence-corrected chi connectivity index (χ3v) is 3.68. The number of likely N-dealkylation sites (tertiary alicyclic amines) is 1. The van der Waals surface area contributed by atoms with Crippen molar-refractivity contribution in [1.82, 2.24) is 9.88 Å². The molecule has 0 radical (unpaired) electrons. The molecule has 2 heterocycles. The van der Waals surface area contributed by atoms with Gasteiger partial charge in [0.05, 0.1) is 12.8 Å². The van der Waals surface area contributed by atoms with Crippen LogP contribution in [-0.4, -0.2) is 35.6 Å². The number of rotatable bonds is 4. The summed E-state index contributed by atoms with van der Waals surface area (Å²) in [5, 5.41) is 3.43. The molecule has 1 aromatic heterocycles. The summed E-state index contributed by atoms with van der Waals surface area (Å²) in [6.07, 6.45) is 3.39. The molecule has 3 rings (SSSR count). The normalized spacial score (nSPS) is 14.3. The van der Waals surface area contributed by atoms with Gasteiger partial charge in [-0.1, -0.05) is 17.7 Å². The number of carbonyl (C=O) groups is 1. The van der Waals surface area contributed by atoms with Gasteiger partial charge in [-0.15, -0.1) is 0 Å². The molecule has 5 nitrogen and oxygen atoms in total. The van der Waals surface area contributed by atoms with Crippen LogP contribution in [0.15, 0.2) is 48.8 Å². The number of carbonyl (C=O) groups excluding carboxylic acids is 1. The van der Waals surface area contributed by atoms with Crippen molar-refractivity contribution in [2.45, 2.75) is 0 Å². The van der Waals surface area contributed by atoms with Gasteiger partial charge in [-0.05, 0) is 30.3 Å². The van der Waals surface area contributed by atoms with E-state index >= 15 is 0 Å². The van der Waals surface area contributed by atoms with E-state index in [1.165, 1.54) is 0 Å². The van der Waals surface area contributed by atoms with E-state index in [-0.39, 0.29) is 6.03 Å².